The third kappa shape index (κ3) is 5.54. The van der Waals surface area contributed by atoms with Gasteiger partial charge in [0.15, 0.2) is 0 Å². The van der Waals surface area contributed by atoms with E-state index < -0.39 is 10.0 Å². The van der Waals surface area contributed by atoms with Crippen molar-refractivity contribution in [2.75, 3.05) is 10.5 Å². The molecule has 0 aliphatic carbocycles. The van der Waals surface area contributed by atoms with Crippen LogP contribution in [0.4, 0.5) is 5.69 Å². The highest BCUT2D eigenvalue weighted by molar-refractivity contribution is 7.92. The van der Waals surface area contributed by atoms with Crippen LogP contribution in [0.3, 0.4) is 0 Å². The average molecular weight is 367 g/mol. The van der Waals surface area contributed by atoms with E-state index in [0.29, 0.717) is 29.2 Å². The number of rotatable bonds is 7. The number of hydrogen-bond acceptors (Lipinski definition) is 3. The zero-order valence-electron chi connectivity index (χ0n) is 13.3. The summed E-state index contributed by atoms with van der Waals surface area (Å²) in [5, 5.41) is 3.43. The largest absolute Gasteiger partial charge is 0.348 e. The van der Waals surface area contributed by atoms with Crippen molar-refractivity contribution in [3.8, 4) is 0 Å². The van der Waals surface area contributed by atoms with Gasteiger partial charge in [-0.2, -0.15) is 0 Å². The first-order valence-corrected chi connectivity index (χ1v) is 9.56. The molecular weight excluding hydrogens is 348 g/mol. The Hall–Kier alpha value is -2.05. The van der Waals surface area contributed by atoms with Crippen LogP contribution in [-0.4, -0.2) is 20.1 Å². The average Bonchev–Trinajstić information content (AvgIpc) is 2.53. The highest BCUT2D eigenvalue weighted by Crippen LogP contribution is 2.14. The van der Waals surface area contributed by atoms with Gasteiger partial charge in [-0.05, 0) is 42.3 Å². The number of carbonyl (C=O) groups excluding carboxylic acids is 1. The molecule has 0 aliphatic heterocycles. The Morgan fingerprint density at radius 3 is 2.50 bits per heavy atom. The number of anilines is 1. The Bertz CT molecular complexity index is 805. The van der Waals surface area contributed by atoms with E-state index in [1.807, 2.05) is 12.1 Å². The zero-order valence-corrected chi connectivity index (χ0v) is 14.8. The Kier molecular flexibility index (Phi) is 6.23. The van der Waals surface area contributed by atoms with Gasteiger partial charge in [-0.3, -0.25) is 9.52 Å². The molecule has 2 N–H and O–H groups in total. The van der Waals surface area contributed by atoms with Crippen molar-refractivity contribution in [1.29, 1.82) is 0 Å². The number of hydrogen-bond donors (Lipinski definition) is 2. The Morgan fingerprint density at radius 2 is 1.83 bits per heavy atom. The fourth-order valence-corrected chi connectivity index (χ4v) is 3.36. The molecule has 2 aromatic rings. The van der Waals surface area contributed by atoms with Crippen LogP contribution in [0.15, 0.2) is 48.5 Å². The van der Waals surface area contributed by atoms with E-state index >= 15 is 0 Å². The molecule has 0 fully saturated rings. The maximum atomic E-state index is 12.2. The van der Waals surface area contributed by atoms with Crippen LogP contribution in [0.25, 0.3) is 0 Å². The number of halogens is 1. The van der Waals surface area contributed by atoms with Crippen LogP contribution in [0.5, 0.6) is 0 Å². The SMILES string of the molecule is CCCS(=O)(=O)Nc1cccc(C(=O)NCc2ccc(Cl)cc2)c1. The molecule has 0 spiro atoms. The van der Waals surface area contributed by atoms with E-state index in [1.165, 1.54) is 6.07 Å². The number of sulfonamides is 1. The maximum absolute atomic E-state index is 12.2. The summed E-state index contributed by atoms with van der Waals surface area (Å²) >= 11 is 5.82. The molecule has 24 heavy (non-hydrogen) atoms. The molecule has 2 aromatic carbocycles. The lowest BCUT2D eigenvalue weighted by molar-refractivity contribution is 0.0951. The molecule has 0 atom stereocenters. The lowest BCUT2D eigenvalue weighted by atomic mass is 10.2. The standard InChI is InChI=1S/C17H19ClN2O3S/c1-2-10-24(22,23)20-16-5-3-4-14(11-16)17(21)19-12-13-6-8-15(18)9-7-13/h3-9,11,20H,2,10,12H2,1H3,(H,19,21). The Balaban J connectivity index is 2.02. The van der Waals surface area contributed by atoms with Gasteiger partial charge in [0.05, 0.1) is 5.75 Å². The van der Waals surface area contributed by atoms with Crippen molar-refractivity contribution in [3.63, 3.8) is 0 Å². The number of carbonyl (C=O) groups is 1. The van der Waals surface area contributed by atoms with Gasteiger partial charge >= 0.3 is 0 Å². The second kappa shape index (κ2) is 8.17. The lowest BCUT2D eigenvalue weighted by Crippen LogP contribution is -2.23. The molecule has 7 heteroatoms. The molecule has 0 unspecified atom stereocenters. The molecule has 0 bridgehead atoms. The van der Waals surface area contributed by atoms with Crippen molar-refractivity contribution >= 4 is 33.2 Å². The van der Waals surface area contributed by atoms with Crippen molar-refractivity contribution in [1.82, 2.24) is 5.32 Å². The van der Waals surface area contributed by atoms with Gasteiger partial charge in [0.25, 0.3) is 5.91 Å². The number of amides is 1. The first-order valence-electron chi connectivity index (χ1n) is 7.53. The highest BCUT2D eigenvalue weighted by atomic mass is 35.5. The Labute approximate surface area is 147 Å². The van der Waals surface area contributed by atoms with E-state index in [9.17, 15) is 13.2 Å². The minimum atomic E-state index is -3.38. The molecule has 0 saturated carbocycles. The quantitative estimate of drug-likeness (QED) is 0.788. The highest BCUT2D eigenvalue weighted by Gasteiger charge is 2.11. The van der Waals surface area contributed by atoms with Crippen LogP contribution in [0.2, 0.25) is 5.02 Å². The summed E-state index contributed by atoms with van der Waals surface area (Å²) in [5.41, 5.74) is 1.69. The van der Waals surface area contributed by atoms with Crippen molar-refractivity contribution in [3.05, 3.63) is 64.7 Å². The second-order valence-electron chi connectivity index (χ2n) is 5.31. The molecule has 0 radical (unpaired) electrons. The van der Waals surface area contributed by atoms with E-state index in [0.717, 1.165) is 5.56 Å². The summed E-state index contributed by atoms with van der Waals surface area (Å²) in [5.74, 6) is -0.235. The van der Waals surface area contributed by atoms with Crippen LogP contribution < -0.4 is 10.0 Å². The lowest BCUT2D eigenvalue weighted by Gasteiger charge is -2.09. The van der Waals surface area contributed by atoms with Crippen LogP contribution in [0, 0.1) is 0 Å². The smallest absolute Gasteiger partial charge is 0.251 e. The minimum absolute atomic E-state index is 0.0417. The third-order valence-electron chi connectivity index (χ3n) is 3.24. The fourth-order valence-electron chi connectivity index (χ4n) is 2.11. The van der Waals surface area contributed by atoms with E-state index in [1.54, 1.807) is 37.3 Å². The number of nitrogens with one attached hydrogen (secondary N) is 2. The van der Waals surface area contributed by atoms with Crippen molar-refractivity contribution in [2.24, 2.45) is 0 Å². The Morgan fingerprint density at radius 1 is 1.12 bits per heavy atom. The van der Waals surface area contributed by atoms with Gasteiger partial charge in [-0.25, -0.2) is 8.42 Å². The van der Waals surface area contributed by atoms with Crippen LogP contribution >= 0.6 is 11.6 Å². The van der Waals surface area contributed by atoms with E-state index in [4.69, 9.17) is 11.6 Å². The van der Waals surface area contributed by atoms with Gasteiger partial charge < -0.3 is 5.32 Å². The molecule has 2 rings (SSSR count). The molecular formula is C17H19ClN2O3S. The molecule has 128 valence electrons. The van der Waals surface area contributed by atoms with E-state index in [-0.39, 0.29) is 11.7 Å². The molecule has 0 saturated heterocycles. The van der Waals surface area contributed by atoms with Gasteiger partial charge in [-0.1, -0.05) is 36.7 Å². The predicted octanol–water partition coefficient (Wildman–Crippen LogP) is 3.42. The first-order chi connectivity index (χ1) is 11.4. The van der Waals surface area contributed by atoms with Crippen molar-refractivity contribution in [2.45, 2.75) is 19.9 Å². The monoisotopic (exact) mass is 366 g/mol. The van der Waals surface area contributed by atoms with Gasteiger partial charge in [0.1, 0.15) is 0 Å². The third-order valence-corrected chi connectivity index (χ3v) is 4.98. The zero-order chi connectivity index (χ0) is 17.6. The molecule has 5 nitrogen and oxygen atoms in total. The van der Waals surface area contributed by atoms with Crippen molar-refractivity contribution < 1.29 is 13.2 Å². The molecule has 1 amide bonds. The summed E-state index contributed by atoms with van der Waals surface area (Å²) in [6.45, 7) is 2.15. The number of benzene rings is 2. The molecule has 0 aromatic heterocycles. The first kappa shape index (κ1) is 18.3. The summed E-state index contributed by atoms with van der Waals surface area (Å²) in [4.78, 5) is 12.2. The van der Waals surface area contributed by atoms with Gasteiger partial charge in [-0.15, -0.1) is 0 Å². The molecule has 0 heterocycles. The van der Waals surface area contributed by atoms with Gasteiger partial charge in [0.2, 0.25) is 10.0 Å². The summed E-state index contributed by atoms with van der Waals surface area (Å²) < 4.78 is 26.1. The minimum Gasteiger partial charge on any atom is -0.348 e. The fraction of sp³-hybridized carbons (Fsp3) is 0.235. The maximum Gasteiger partial charge on any atom is 0.251 e. The van der Waals surface area contributed by atoms with Crippen LogP contribution in [-0.2, 0) is 16.6 Å². The summed E-state index contributed by atoms with van der Waals surface area (Å²) in [7, 11) is -3.38. The normalized spacial score (nSPS) is 11.1. The van der Waals surface area contributed by atoms with Gasteiger partial charge in [0, 0.05) is 22.8 Å². The molecule has 0 aliphatic rings. The summed E-state index contributed by atoms with van der Waals surface area (Å²) in [6, 6.07) is 13.6. The second-order valence-corrected chi connectivity index (χ2v) is 7.59. The topological polar surface area (TPSA) is 75.3 Å². The van der Waals surface area contributed by atoms with E-state index in [2.05, 4.69) is 10.0 Å². The predicted molar refractivity (Wildman–Crippen MR) is 96.8 cm³/mol. The summed E-state index contributed by atoms with van der Waals surface area (Å²) in [6.07, 6.45) is 0.524. The van der Waals surface area contributed by atoms with Crippen LogP contribution in [0.1, 0.15) is 29.3 Å².